The van der Waals surface area contributed by atoms with Crippen molar-refractivity contribution in [2.24, 2.45) is 4.99 Å². The Kier molecular flexibility index (Phi) is 11.8. The molecule has 0 saturated carbocycles. The van der Waals surface area contributed by atoms with Crippen molar-refractivity contribution < 1.29 is 27.4 Å². The van der Waals surface area contributed by atoms with Crippen LogP contribution in [-0.2, 0) is 11.3 Å². The van der Waals surface area contributed by atoms with Crippen LogP contribution in [0.15, 0.2) is 29.3 Å². The second kappa shape index (κ2) is 12.6. The number of amides is 1. The number of halogens is 4. The average molecular weight is 532 g/mol. The summed E-state index contributed by atoms with van der Waals surface area (Å²) in [6.45, 7) is 5.23. The Bertz CT molecular complexity index is 647. The lowest BCUT2D eigenvalue weighted by Crippen LogP contribution is -2.42. The average Bonchev–Trinajstić information content (AvgIpc) is 2.58. The number of nitrogens with one attached hydrogen (secondary N) is 3. The fraction of sp³-hybridized carbons (Fsp3) is 0.556. The van der Waals surface area contributed by atoms with Gasteiger partial charge in [0, 0.05) is 26.7 Å². The van der Waals surface area contributed by atoms with Crippen molar-refractivity contribution >= 4 is 36.0 Å². The predicted molar refractivity (Wildman–Crippen MR) is 116 cm³/mol. The number of rotatable bonds is 7. The van der Waals surface area contributed by atoms with E-state index in [9.17, 15) is 18.0 Å². The highest BCUT2D eigenvalue weighted by Gasteiger charge is 2.28. The fourth-order valence-corrected chi connectivity index (χ4v) is 1.93. The highest BCUT2D eigenvalue weighted by molar-refractivity contribution is 14.0. The van der Waals surface area contributed by atoms with E-state index in [2.05, 4.69) is 25.7 Å². The number of hydrogen-bond donors (Lipinski definition) is 3. The number of nitrogens with zero attached hydrogens (tertiary/aromatic N) is 1. The summed E-state index contributed by atoms with van der Waals surface area (Å²) < 4.78 is 46.2. The van der Waals surface area contributed by atoms with Crippen LogP contribution in [0.3, 0.4) is 0 Å². The molecule has 3 N–H and O–H groups in total. The van der Waals surface area contributed by atoms with E-state index in [1.165, 1.54) is 12.1 Å². The molecule has 166 valence electrons. The summed E-state index contributed by atoms with van der Waals surface area (Å²) in [6.07, 6.45) is -4.86. The largest absolute Gasteiger partial charge is 0.484 e. The minimum atomic E-state index is -4.36. The fourth-order valence-electron chi connectivity index (χ4n) is 1.93. The van der Waals surface area contributed by atoms with Gasteiger partial charge in [0.2, 0.25) is 0 Å². The summed E-state index contributed by atoms with van der Waals surface area (Å²) >= 11 is 0. The number of hydrogen-bond acceptors (Lipinski definition) is 4. The second-order valence-electron chi connectivity index (χ2n) is 6.83. The first-order chi connectivity index (χ1) is 13.0. The van der Waals surface area contributed by atoms with E-state index >= 15 is 0 Å². The van der Waals surface area contributed by atoms with Crippen molar-refractivity contribution in [1.82, 2.24) is 16.0 Å². The molecule has 0 saturated heterocycles. The number of benzene rings is 1. The van der Waals surface area contributed by atoms with Crippen molar-refractivity contribution in [2.75, 3.05) is 26.7 Å². The molecule has 1 aromatic rings. The van der Waals surface area contributed by atoms with Gasteiger partial charge in [-0.25, -0.2) is 4.79 Å². The number of ether oxygens (including phenoxy) is 2. The first kappa shape index (κ1) is 27.1. The van der Waals surface area contributed by atoms with E-state index in [1.807, 2.05) is 0 Å². The van der Waals surface area contributed by atoms with Gasteiger partial charge in [-0.2, -0.15) is 13.2 Å². The maximum Gasteiger partial charge on any atom is 0.422 e. The summed E-state index contributed by atoms with van der Waals surface area (Å²) in [7, 11) is 1.60. The van der Waals surface area contributed by atoms with Crippen LogP contribution < -0.4 is 20.7 Å². The molecule has 1 aromatic carbocycles. The van der Waals surface area contributed by atoms with Crippen LogP contribution in [0.1, 0.15) is 26.3 Å². The lowest BCUT2D eigenvalue weighted by molar-refractivity contribution is -0.153. The Morgan fingerprint density at radius 3 is 2.14 bits per heavy atom. The molecule has 0 bridgehead atoms. The number of alkyl carbamates (subject to hydrolysis) is 1. The molecule has 0 radical (unpaired) electrons. The Balaban J connectivity index is 0.00000784. The first-order valence-corrected chi connectivity index (χ1v) is 8.68. The van der Waals surface area contributed by atoms with E-state index in [0.29, 0.717) is 25.6 Å². The lowest BCUT2D eigenvalue weighted by Gasteiger charge is -2.20. The molecule has 0 fully saturated rings. The maximum atomic E-state index is 12.1. The molecular formula is C18H28F3IN4O3. The van der Waals surface area contributed by atoms with E-state index in [-0.39, 0.29) is 29.7 Å². The molecule has 0 spiro atoms. The molecule has 1 amide bonds. The van der Waals surface area contributed by atoms with Gasteiger partial charge < -0.3 is 25.4 Å². The molecule has 0 unspecified atom stereocenters. The molecule has 7 nitrogen and oxygen atoms in total. The standard InChI is InChI=1S/C18H27F3N4O3.HI/c1-17(2,3)28-16(26)24-10-9-23-15(22-4)25-11-13-5-7-14(8-6-13)27-12-18(19,20)21;/h5-8H,9-12H2,1-4H3,(H,24,26)(H2,22,23,25);1H. The third-order valence-corrected chi connectivity index (χ3v) is 3.10. The van der Waals surface area contributed by atoms with Crippen LogP contribution in [-0.4, -0.2) is 50.6 Å². The van der Waals surface area contributed by atoms with Gasteiger partial charge in [-0.15, -0.1) is 24.0 Å². The molecule has 0 atom stereocenters. The number of carbonyl (C=O) groups is 1. The first-order valence-electron chi connectivity index (χ1n) is 8.68. The van der Waals surface area contributed by atoms with Gasteiger partial charge in [0.1, 0.15) is 11.4 Å². The van der Waals surface area contributed by atoms with Crippen molar-refractivity contribution in [1.29, 1.82) is 0 Å². The van der Waals surface area contributed by atoms with Crippen LogP contribution in [0.2, 0.25) is 0 Å². The highest BCUT2D eigenvalue weighted by Crippen LogP contribution is 2.18. The van der Waals surface area contributed by atoms with E-state index in [0.717, 1.165) is 5.56 Å². The lowest BCUT2D eigenvalue weighted by atomic mass is 10.2. The Morgan fingerprint density at radius 2 is 1.62 bits per heavy atom. The Labute approximate surface area is 185 Å². The Hall–Kier alpha value is -1.92. The van der Waals surface area contributed by atoms with E-state index in [1.54, 1.807) is 40.0 Å². The third kappa shape index (κ3) is 13.8. The minimum Gasteiger partial charge on any atom is -0.484 e. The zero-order chi connectivity index (χ0) is 21.2. The van der Waals surface area contributed by atoms with Crippen LogP contribution in [0, 0.1) is 0 Å². The topological polar surface area (TPSA) is 84.0 Å². The zero-order valence-corrected chi connectivity index (χ0v) is 19.2. The number of carbonyl (C=O) groups excluding carboxylic acids is 1. The third-order valence-electron chi connectivity index (χ3n) is 3.10. The zero-order valence-electron chi connectivity index (χ0n) is 16.9. The van der Waals surface area contributed by atoms with Crippen LogP contribution >= 0.6 is 24.0 Å². The van der Waals surface area contributed by atoms with Gasteiger partial charge in [-0.1, -0.05) is 12.1 Å². The summed E-state index contributed by atoms with van der Waals surface area (Å²) in [4.78, 5) is 15.6. The summed E-state index contributed by atoms with van der Waals surface area (Å²) in [5.41, 5.74) is 0.289. The van der Waals surface area contributed by atoms with E-state index < -0.39 is 24.5 Å². The molecule has 11 heteroatoms. The molecule has 0 aliphatic carbocycles. The molecule has 0 aliphatic heterocycles. The smallest absolute Gasteiger partial charge is 0.422 e. The Morgan fingerprint density at radius 1 is 1.03 bits per heavy atom. The number of guanidine groups is 1. The van der Waals surface area contributed by atoms with Gasteiger partial charge in [0.15, 0.2) is 12.6 Å². The highest BCUT2D eigenvalue weighted by atomic mass is 127. The van der Waals surface area contributed by atoms with Crippen molar-refractivity contribution in [3.63, 3.8) is 0 Å². The van der Waals surface area contributed by atoms with Crippen molar-refractivity contribution in [3.8, 4) is 5.75 Å². The quantitative estimate of drug-likeness (QED) is 0.217. The molecule has 0 aromatic heterocycles. The molecule has 1 rings (SSSR count). The van der Waals surface area contributed by atoms with E-state index in [4.69, 9.17) is 4.74 Å². The predicted octanol–water partition coefficient (Wildman–Crippen LogP) is 3.44. The minimum absolute atomic E-state index is 0. The molecule has 29 heavy (non-hydrogen) atoms. The second-order valence-corrected chi connectivity index (χ2v) is 6.83. The molecule has 0 aliphatic rings. The van der Waals surface area contributed by atoms with Gasteiger partial charge in [-0.05, 0) is 38.5 Å². The SMILES string of the molecule is CN=C(NCCNC(=O)OC(C)(C)C)NCc1ccc(OCC(F)(F)F)cc1.I. The van der Waals surface area contributed by atoms with Crippen molar-refractivity contribution in [3.05, 3.63) is 29.8 Å². The monoisotopic (exact) mass is 532 g/mol. The van der Waals surface area contributed by atoms with Crippen molar-refractivity contribution in [2.45, 2.75) is 39.1 Å². The van der Waals surface area contributed by atoms with Gasteiger partial charge >= 0.3 is 12.3 Å². The molecule has 0 heterocycles. The van der Waals surface area contributed by atoms with Crippen LogP contribution in [0.5, 0.6) is 5.75 Å². The van der Waals surface area contributed by atoms with Gasteiger partial charge in [0.25, 0.3) is 0 Å². The summed E-state index contributed by atoms with van der Waals surface area (Å²) in [5, 5.41) is 8.71. The maximum absolute atomic E-state index is 12.1. The number of alkyl halides is 3. The van der Waals surface area contributed by atoms with Crippen LogP contribution in [0.4, 0.5) is 18.0 Å². The number of aliphatic imine (C=N–C) groups is 1. The summed E-state index contributed by atoms with van der Waals surface area (Å²) in [5.74, 6) is 0.667. The van der Waals surface area contributed by atoms with Gasteiger partial charge in [0.05, 0.1) is 0 Å². The van der Waals surface area contributed by atoms with Gasteiger partial charge in [-0.3, -0.25) is 4.99 Å². The summed E-state index contributed by atoms with van der Waals surface area (Å²) in [6, 6.07) is 6.28. The van der Waals surface area contributed by atoms with Crippen LogP contribution in [0.25, 0.3) is 0 Å². The normalized spacial score (nSPS) is 11.9. The molecular weight excluding hydrogens is 504 g/mol.